The van der Waals surface area contributed by atoms with Crippen molar-refractivity contribution in [3.8, 4) is 0 Å². The zero-order valence-electron chi connectivity index (χ0n) is 11.1. The molecule has 1 heterocycles. The number of carboxylic acids is 1. The number of nitrogens with one attached hydrogen (secondary N) is 1. The standard InChI is InChI=1S/C12H14N4O4S/c1-16(7-8-5-14-15-6-8)21(19,20)11-3-2-9(12(17)18)4-10(11)13/h2-6H,7,13H2,1H3,(H,14,15)(H,17,18). The van der Waals surface area contributed by atoms with E-state index in [1.165, 1.54) is 25.4 Å². The van der Waals surface area contributed by atoms with Crippen LogP contribution in [0.3, 0.4) is 0 Å². The van der Waals surface area contributed by atoms with E-state index < -0.39 is 16.0 Å². The molecule has 0 unspecified atom stereocenters. The van der Waals surface area contributed by atoms with E-state index in [0.717, 1.165) is 10.4 Å². The molecule has 0 aliphatic rings. The molecule has 2 rings (SSSR count). The first kappa shape index (κ1) is 15.0. The van der Waals surface area contributed by atoms with Crippen molar-refractivity contribution in [1.29, 1.82) is 0 Å². The molecule has 0 amide bonds. The van der Waals surface area contributed by atoms with Gasteiger partial charge in [0.25, 0.3) is 0 Å². The van der Waals surface area contributed by atoms with Crippen LogP contribution >= 0.6 is 0 Å². The van der Waals surface area contributed by atoms with Crippen LogP contribution in [0.5, 0.6) is 0 Å². The Balaban J connectivity index is 2.33. The van der Waals surface area contributed by atoms with Crippen LogP contribution in [0.4, 0.5) is 5.69 Å². The van der Waals surface area contributed by atoms with Crippen LogP contribution in [0.25, 0.3) is 0 Å². The lowest BCUT2D eigenvalue weighted by molar-refractivity contribution is 0.0697. The highest BCUT2D eigenvalue weighted by atomic mass is 32.2. The lowest BCUT2D eigenvalue weighted by atomic mass is 10.2. The third-order valence-corrected chi connectivity index (χ3v) is 4.78. The normalized spacial score (nSPS) is 11.7. The molecule has 9 heteroatoms. The highest BCUT2D eigenvalue weighted by molar-refractivity contribution is 7.89. The predicted octanol–water partition coefficient (Wildman–Crippen LogP) is 0.511. The summed E-state index contributed by atoms with van der Waals surface area (Å²) in [6.07, 6.45) is 3.10. The van der Waals surface area contributed by atoms with Crippen molar-refractivity contribution in [2.45, 2.75) is 11.4 Å². The van der Waals surface area contributed by atoms with Crippen LogP contribution in [0.15, 0.2) is 35.5 Å². The van der Waals surface area contributed by atoms with Crippen LogP contribution in [-0.4, -0.2) is 41.0 Å². The fraction of sp³-hybridized carbons (Fsp3) is 0.167. The van der Waals surface area contributed by atoms with Crippen molar-refractivity contribution in [3.63, 3.8) is 0 Å². The molecule has 0 fully saturated rings. The highest BCUT2D eigenvalue weighted by Gasteiger charge is 2.24. The maximum Gasteiger partial charge on any atom is 0.335 e. The number of nitrogens with zero attached hydrogens (tertiary/aromatic N) is 2. The summed E-state index contributed by atoms with van der Waals surface area (Å²) in [6.45, 7) is 0.124. The molecule has 0 atom stereocenters. The molecule has 0 aliphatic carbocycles. The van der Waals surface area contributed by atoms with E-state index in [1.807, 2.05) is 0 Å². The quantitative estimate of drug-likeness (QED) is 0.690. The number of sulfonamides is 1. The largest absolute Gasteiger partial charge is 0.478 e. The number of carbonyl (C=O) groups is 1. The molecule has 4 N–H and O–H groups in total. The second-order valence-electron chi connectivity index (χ2n) is 4.43. The summed E-state index contributed by atoms with van der Waals surface area (Å²) in [5.41, 5.74) is 6.20. The number of nitrogen functional groups attached to an aromatic ring is 1. The van der Waals surface area contributed by atoms with E-state index in [-0.39, 0.29) is 22.7 Å². The summed E-state index contributed by atoms with van der Waals surface area (Å²) in [5, 5.41) is 15.2. The molecule has 21 heavy (non-hydrogen) atoms. The number of aromatic nitrogens is 2. The van der Waals surface area contributed by atoms with Gasteiger partial charge in [0.2, 0.25) is 10.0 Å². The van der Waals surface area contributed by atoms with Crippen molar-refractivity contribution in [3.05, 3.63) is 41.7 Å². The van der Waals surface area contributed by atoms with Gasteiger partial charge in [0.05, 0.1) is 17.4 Å². The van der Waals surface area contributed by atoms with E-state index in [4.69, 9.17) is 10.8 Å². The number of aromatic carboxylic acids is 1. The molecule has 0 aliphatic heterocycles. The van der Waals surface area contributed by atoms with Crippen LogP contribution in [0.1, 0.15) is 15.9 Å². The highest BCUT2D eigenvalue weighted by Crippen LogP contribution is 2.23. The Morgan fingerprint density at radius 3 is 2.71 bits per heavy atom. The first-order valence-electron chi connectivity index (χ1n) is 5.89. The van der Waals surface area contributed by atoms with Gasteiger partial charge in [-0.25, -0.2) is 13.2 Å². The van der Waals surface area contributed by atoms with E-state index in [9.17, 15) is 13.2 Å². The Hall–Kier alpha value is -2.39. The van der Waals surface area contributed by atoms with Gasteiger partial charge in [0.1, 0.15) is 4.90 Å². The van der Waals surface area contributed by atoms with E-state index in [1.54, 1.807) is 6.20 Å². The Labute approximate surface area is 121 Å². The van der Waals surface area contributed by atoms with Crippen molar-refractivity contribution < 1.29 is 18.3 Å². The predicted molar refractivity (Wildman–Crippen MR) is 75.1 cm³/mol. The van der Waals surface area contributed by atoms with Gasteiger partial charge in [-0.3, -0.25) is 5.10 Å². The van der Waals surface area contributed by atoms with Crippen LogP contribution < -0.4 is 5.73 Å². The number of benzene rings is 1. The van der Waals surface area contributed by atoms with Gasteiger partial charge in [-0.15, -0.1) is 0 Å². The fourth-order valence-corrected chi connectivity index (χ4v) is 3.04. The topological polar surface area (TPSA) is 129 Å². The Morgan fingerprint density at radius 2 is 2.19 bits per heavy atom. The molecule has 1 aromatic carbocycles. The number of anilines is 1. The van der Waals surface area contributed by atoms with Crippen LogP contribution in [0, 0.1) is 0 Å². The summed E-state index contributed by atoms with van der Waals surface area (Å²) in [5.74, 6) is -1.17. The summed E-state index contributed by atoms with van der Waals surface area (Å²) >= 11 is 0. The van der Waals surface area contributed by atoms with Crippen molar-refractivity contribution in [1.82, 2.24) is 14.5 Å². The number of nitrogens with two attached hydrogens (primary N) is 1. The smallest absolute Gasteiger partial charge is 0.335 e. The fourth-order valence-electron chi connectivity index (χ4n) is 1.79. The van der Waals surface area contributed by atoms with Gasteiger partial charge < -0.3 is 10.8 Å². The molecule has 0 saturated carbocycles. The number of hydrogen-bond acceptors (Lipinski definition) is 5. The average molecular weight is 310 g/mol. The Bertz CT molecular complexity index is 756. The minimum atomic E-state index is -3.81. The molecule has 0 spiro atoms. The zero-order chi connectivity index (χ0) is 15.6. The first-order valence-corrected chi connectivity index (χ1v) is 7.33. The van der Waals surface area contributed by atoms with Gasteiger partial charge in [0.15, 0.2) is 0 Å². The van der Waals surface area contributed by atoms with Crippen molar-refractivity contribution in [2.75, 3.05) is 12.8 Å². The van der Waals surface area contributed by atoms with Gasteiger partial charge in [-0.2, -0.15) is 9.40 Å². The number of aromatic amines is 1. The minimum Gasteiger partial charge on any atom is -0.478 e. The average Bonchev–Trinajstić information content (AvgIpc) is 2.90. The monoisotopic (exact) mass is 310 g/mol. The minimum absolute atomic E-state index is 0.0658. The molecule has 1 aromatic heterocycles. The second-order valence-corrected chi connectivity index (χ2v) is 6.44. The number of carboxylic acid groups (broad SMARTS) is 1. The maximum absolute atomic E-state index is 12.4. The Kier molecular flexibility index (Phi) is 3.96. The van der Waals surface area contributed by atoms with Crippen LogP contribution in [0.2, 0.25) is 0 Å². The van der Waals surface area contributed by atoms with E-state index in [2.05, 4.69) is 10.2 Å². The second kappa shape index (κ2) is 5.54. The molecule has 2 aromatic rings. The number of rotatable bonds is 5. The summed E-state index contributed by atoms with van der Waals surface area (Å²) in [4.78, 5) is 10.7. The lowest BCUT2D eigenvalue weighted by Gasteiger charge is -2.17. The summed E-state index contributed by atoms with van der Waals surface area (Å²) < 4.78 is 26.0. The third-order valence-electron chi connectivity index (χ3n) is 2.91. The zero-order valence-corrected chi connectivity index (χ0v) is 12.0. The van der Waals surface area contributed by atoms with Crippen molar-refractivity contribution >= 4 is 21.7 Å². The SMILES string of the molecule is CN(Cc1cn[nH]c1)S(=O)(=O)c1ccc(C(=O)O)cc1N. The lowest BCUT2D eigenvalue weighted by Crippen LogP contribution is -2.27. The summed E-state index contributed by atoms with van der Waals surface area (Å²) in [7, 11) is -2.40. The molecular formula is C12H14N4O4S. The van der Waals surface area contributed by atoms with Crippen LogP contribution in [-0.2, 0) is 16.6 Å². The van der Waals surface area contributed by atoms with Gasteiger partial charge in [0, 0.05) is 25.4 Å². The molecule has 8 nitrogen and oxygen atoms in total. The molecule has 0 bridgehead atoms. The van der Waals surface area contributed by atoms with E-state index >= 15 is 0 Å². The molecule has 112 valence electrons. The number of hydrogen-bond donors (Lipinski definition) is 3. The van der Waals surface area contributed by atoms with Gasteiger partial charge >= 0.3 is 5.97 Å². The van der Waals surface area contributed by atoms with Gasteiger partial charge in [-0.05, 0) is 18.2 Å². The first-order chi connectivity index (χ1) is 9.82. The summed E-state index contributed by atoms with van der Waals surface area (Å²) in [6, 6.07) is 3.53. The van der Waals surface area contributed by atoms with Gasteiger partial charge in [-0.1, -0.05) is 0 Å². The third kappa shape index (κ3) is 3.03. The number of H-pyrrole nitrogens is 1. The molecule has 0 saturated heterocycles. The maximum atomic E-state index is 12.4. The molecule has 0 radical (unpaired) electrons. The Morgan fingerprint density at radius 1 is 1.48 bits per heavy atom. The van der Waals surface area contributed by atoms with E-state index in [0.29, 0.717) is 5.56 Å². The van der Waals surface area contributed by atoms with Crippen molar-refractivity contribution in [2.24, 2.45) is 0 Å². The molecular weight excluding hydrogens is 296 g/mol.